The quantitative estimate of drug-likeness (QED) is 0.863. The smallest absolute Gasteiger partial charge is 0.0473 e. The summed E-state index contributed by atoms with van der Waals surface area (Å²) in [6, 6.07) is 11.5. The van der Waals surface area contributed by atoms with Crippen molar-refractivity contribution in [2.75, 3.05) is 31.6 Å². The van der Waals surface area contributed by atoms with Crippen LogP contribution in [0, 0.1) is 0 Å². The molecule has 1 aromatic carbocycles. The lowest BCUT2D eigenvalue weighted by atomic mass is 9.87. The third-order valence-electron chi connectivity index (χ3n) is 4.74. The fourth-order valence-corrected chi connectivity index (χ4v) is 3.59. The van der Waals surface area contributed by atoms with Crippen LogP contribution in [0.25, 0.3) is 0 Å². The maximum atomic E-state index is 3.84. The lowest BCUT2D eigenvalue weighted by molar-refractivity contribution is 0.0781. The van der Waals surface area contributed by atoms with Gasteiger partial charge in [0.15, 0.2) is 0 Å². The number of thioether (sulfide) groups is 1. The molecule has 0 radical (unpaired) electrons. The van der Waals surface area contributed by atoms with E-state index in [9.17, 15) is 0 Å². The molecule has 1 atom stereocenters. The molecule has 0 spiro atoms. The van der Waals surface area contributed by atoms with Gasteiger partial charge >= 0.3 is 0 Å². The van der Waals surface area contributed by atoms with Crippen LogP contribution in [0.15, 0.2) is 30.3 Å². The lowest BCUT2D eigenvalue weighted by Crippen LogP contribution is -2.61. The molecule has 0 aromatic heterocycles. The molecule has 3 heteroatoms. The number of benzene rings is 1. The van der Waals surface area contributed by atoms with Gasteiger partial charge in [0.1, 0.15) is 0 Å². The Balaban J connectivity index is 2.15. The molecule has 1 aliphatic rings. The van der Waals surface area contributed by atoms with E-state index in [0.717, 1.165) is 6.54 Å². The van der Waals surface area contributed by atoms with E-state index in [1.165, 1.54) is 37.2 Å². The summed E-state index contributed by atoms with van der Waals surface area (Å²) in [6.07, 6.45) is 4.62. The highest BCUT2D eigenvalue weighted by atomic mass is 32.2. The second-order valence-electron chi connectivity index (χ2n) is 5.76. The molecule has 2 nitrogen and oxygen atoms in total. The van der Waals surface area contributed by atoms with Crippen molar-refractivity contribution in [1.82, 2.24) is 10.2 Å². The first-order chi connectivity index (χ1) is 9.74. The molecule has 0 aliphatic carbocycles. The number of piperazine rings is 1. The third-order valence-corrected chi connectivity index (χ3v) is 5.33. The van der Waals surface area contributed by atoms with Gasteiger partial charge in [-0.1, -0.05) is 44.2 Å². The minimum atomic E-state index is 0.309. The first-order valence-corrected chi connectivity index (χ1v) is 9.17. The van der Waals surface area contributed by atoms with Gasteiger partial charge in [0.25, 0.3) is 0 Å². The van der Waals surface area contributed by atoms with E-state index in [1.807, 2.05) is 11.8 Å². The molecule has 1 fully saturated rings. The molecule has 1 saturated heterocycles. The summed E-state index contributed by atoms with van der Waals surface area (Å²) >= 11 is 1.95. The van der Waals surface area contributed by atoms with Crippen molar-refractivity contribution < 1.29 is 0 Å². The molecule has 20 heavy (non-hydrogen) atoms. The summed E-state index contributed by atoms with van der Waals surface area (Å²) in [6.45, 7) is 8.04. The predicted molar refractivity (Wildman–Crippen MR) is 90.5 cm³/mol. The zero-order valence-electron chi connectivity index (χ0n) is 13.1. The Morgan fingerprint density at radius 2 is 1.95 bits per heavy atom. The van der Waals surface area contributed by atoms with Crippen molar-refractivity contribution in [2.45, 2.75) is 38.3 Å². The number of nitrogens with zero attached hydrogens (tertiary/aromatic N) is 1. The molecular formula is C17H28N2S. The fourth-order valence-electron chi connectivity index (χ4n) is 3.17. The van der Waals surface area contributed by atoms with Gasteiger partial charge in [0.2, 0.25) is 0 Å². The molecule has 2 rings (SSSR count). The first kappa shape index (κ1) is 15.9. The van der Waals surface area contributed by atoms with Crippen LogP contribution >= 0.6 is 11.8 Å². The minimum Gasteiger partial charge on any atom is -0.308 e. The molecule has 1 heterocycles. The van der Waals surface area contributed by atoms with Crippen molar-refractivity contribution in [3.05, 3.63) is 35.9 Å². The van der Waals surface area contributed by atoms with Crippen LogP contribution in [0.1, 0.15) is 38.3 Å². The maximum Gasteiger partial charge on any atom is 0.0473 e. The summed E-state index contributed by atoms with van der Waals surface area (Å²) in [7, 11) is 0. The lowest BCUT2D eigenvalue weighted by Gasteiger charge is -2.47. The van der Waals surface area contributed by atoms with Crippen LogP contribution in [-0.2, 0) is 0 Å². The van der Waals surface area contributed by atoms with Crippen molar-refractivity contribution in [1.29, 1.82) is 0 Å². The minimum absolute atomic E-state index is 0.309. The highest BCUT2D eigenvalue weighted by molar-refractivity contribution is 7.98. The monoisotopic (exact) mass is 292 g/mol. The number of rotatable bonds is 6. The predicted octanol–water partition coefficient (Wildman–Crippen LogP) is 3.55. The van der Waals surface area contributed by atoms with Gasteiger partial charge < -0.3 is 5.32 Å². The molecule has 0 saturated carbocycles. The summed E-state index contributed by atoms with van der Waals surface area (Å²) < 4.78 is 0. The highest BCUT2D eigenvalue weighted by Crippen LogP contribution is 2.30. The van der Waals surface area contributed by atoms with E-state index in [-0.39, 0.29) is 0 Å². The number of hydrogen-bond donors (Lipinski definition) is 1. The molecule has 1 unspecified atom stereocenters. The Labute approximate surface area is 128 Å². The van der Waals surface area contributed by atoms with E-state index in [2.05, 4.69) is 60.7 Å². The van der Waals surface area contributed by atoms with Gasteiger partial charge in [-0.15, -0.1) is 0 Å². The van der Waals surface area contributed by atoms with Crippen LogP contribution < -0.4 is 5.32 Å². The molecule has 1 aromatic rings. The van der Waals surface area contributed by atoms with Crippen LogP contribution in [0.5, 0.6) is 0 Å². The van der Waals surface area contributed by atoms with Gasteiger partial charge in [0, 0.05) is 37.0 Å². The van der Waals surface area contributed by atoms with E-state index in [4.69, 9.17) is 0 Å². The average Bonchev–Trinajstić information content (AvgIpc) is 2.53. The summed E-state index contributed by atoms with van der Waals surface area (Å²) in [5.41, 5.74) is 1.76. The molecule has 0 amide bonds. The topological polar surface area (TPSA) is 15.3 Å². The Kier molecular flexibility index (Phi) is 5.94. The highest BCUT2D eigenvalue weighted by Gasteiger charge is 2.36. The van der Waals surface area contributed by atoms with Crippen molar-refractivity contribution in [2.24, 2.45) is 0 Å². The third kappa shape index (κ3) is 3.57. The average molecular weight is 292 g/mol. The largest absolute Gasteiger partial charge is 0.308 e. The van der Waals surface area contributed by atoms with E-state index in [1.54, 1.807) is 0 Å². The molecular weight excluding hydrogens is 264 g/mol. The fraction of sp³-hybridized carbons (Fsp3) is 0.647. The molecule has 1 N–H and O–H groups in total. The summed E-state index contributed by atoms with van der Waals surface area (Å²) in [5, 5.41) is 3.84. The van der Waals surface area contributed by atoms with Gasteiger partial charge in [-0.2, -0.15) is 11.8 Å². The summed E-state index contributed by atoms with van der Waals surface area (Å²) in [4.78, 5) is 2.69. The van der Waals surface area contributed by atoms with Gasteiger partial charge in [-0.25, -0.2) is 0 Å². The number of hydrogen-bond acceptors (Lipinski definition) is 3. The van der Waals surface area contributed by atoms with E-state index >= 15 is 0 Å². The van der Waals surface area contributed by atoms with Crippen molar-refractivity contribution in [3.8, 4) is 0 Å². The molecule has 0 bridgehead atoms. The second kappa shape index (κ2) is 7.48. The zero-order chi connectivity index (χ0) is 14.4. The molecule has 1 aliphatic heterocycles. The first-order valence-electron chi connectivity index (χ1n) is 7.77. The Morgan fingerprint density at radius 3 is 2.55 bits per heavy atom. The van der Waals surface area contributed by atoms with Crippen molar-refractivity contribution in [3.63, 3.8) is 0 Å². The van der Waals surface area contributed by atoms with E-state index in [0.29, 0.717) is 11.6 Å². The van der Waals surface area contributed by atoms with Crippen LogP contribution in [0.4, 0.5) is 0 Å². The Bertz CT molecular complexity index is 389. The summed E-state index contributed by atoms with van der Waals surface area (Å²) in [5.74, 6) is 1.22. The normalized spacial score (nSPS) is 22.9. The van der Waals surface area contributed by atoms with Gasteiger partial charge in [-0.3, -0.25) is 4.90 Å². The maximum absolute atomic E-state index is 3.84. The van der Waals surface area contributed by atoms with Gasteiger partial charge in [0.05, 0.1) is 0 Å². The van der Waals surface area contributed by atoms with Crippen molar-refractivity contribution >= 4 is 11.8 Å². The van der Waals surface area contributed by atoms with Gasteiger partial charge in [-0.05, 0) is 24.7 Å². The van der Waals surface area contributed by atoms with Crippen LogP contribution in [-0.4, -0.2) is 42.1 Å². The zero-order valence-corrected chi connectivity index (χ0v) is 13.9. The second-order valence-corrected chi connectivity index (χ2v) is 6.74. The van der Waals surface area contributed by atoms with Crippen LogP contribution in [0.3, 0.4) is 0 Å². The number of nitrogens with one attached hydrogen (secondary N) is 1. The molecule has 112 valence electrons. The van der Waals surface area contributed by atoms with Crippen LogP contribution in [0.2, 0.25) is 0 Å². The SMILES string of the molecule is CCC1(CC)CN(CCSC)C(c2ccccc2)CN1. The standard InChI is InChI=1S/C17H28N2S/c1-4-17(5-2)14-19(11-12-20-3)16(13-18-17)15-9-7-6-8-10-15/h6-10,16,18H,4-5,11-14H2,1-3H3. The van der Waals surface area contributed by atoms with E-state index < -0.39 is 0 Å². The Hall–Kier alpha value is -0.510. The Morgan fingerprint density at radius 1 is 1.25 bits per heavy atom.